The molecule has 1 aromatic heterocycles. The Morgan fingerprint density at radius 3 is 2.70 bits per heavy atom. The number of aryl methyl sites for hydroxylation is 1. The number of nitrogens with two attached hydrogens (primary N) is 1. The maximum absolute atomic E-state index is 5.80. The molecular weight excluding hydrogens is 256 g/mol. The molecule has 0 unspecified atom stereocenters. The zero-order valence-corrected chi connectivity index (χ0v) is 11.8. The summed E-state index contributed by atoms with van der Waals surface area (Å²) in [5, 5.41) is 0. The molecule has 20 heavy (non-hydrogen) atoms. The van der Waals surface area contributed by atoms with Gasteiger partial charge >= 0.3 is 0 Å². The van der Waals surface area contributed by atoms with Crippen LogP contribution in [-0.2, 0) is 6.42 Å². The van der Waals surface area contributed by atoms with Crippen molar-refractivity contribution in [2.24, 2.45) is 5.84 Å². The molecule has 6 nitrogen and oxygen atoms in total. The van der Waals surface area contributed by atoms with Crippen LogP contribution in [0.4, 0.5) is 5.82 Å². The van der Waals surface area contributed by atoms with Gasteiger partial charge in [-0.05, 0) is 31.0 Å². The SMILES string of the molecule is CCc1ccc(Oc2ncnc(NN)c2C)c(OC)c1. The number of benzene rings is 1. The van der Waals surface area contributed by atoms with Crippen molar-refractivity contribution in [3.63, 3.8) is 0 Å². The van der Waals surface area contributed by atoms with Crippen molar-refractivity contribution < 1.29 is 9.47 Å². The minimum atomic E-state index is 0.440. The Morgan fingerprint density at radius 1 is 1.25 bits per heavy atom. The Labute approximate surface area is 117 Å². The zero-order valence-electron chi connectivity index (χ0n) is 11.8. The normalized spacial score (nSPS) is 10.2. The van der Waals surface area contributed by atoms with Crippen LogP contribution in [0.15, 0.2) is 24.5 Å². The molecule has 106 valence electrons. The van der Waals surface area contributed by atoms with E-state index in [4.69, 9.17) is 15.3 Å². The lowest BCUT2D eigenvalue weighted by molar-refractivity contribution is 0.372. The summed E-state index contributed by atoms with van der Waals surface area (Å²) in [6, 6.07) is 5.82. The predicted molar refractivity (Wildman–Crippen MR) is 77.0 cm³/mol. The molecular formula is C14H18N4O2. The second-order valence-corrected chi connectivity index (χ2v) is 4.24. The average Bonchev–Trinajstić information content (AvgIpc) is 2.49. The van der Waals surface area contributed by atoms with E-state index in [1.165, 1.54) is 11.9 Å². The van der Waals surface area contributed by atoms with E-state index in [0.29, 0.717) is 23.2 Å². The van der Waals surface area contributed by atoms with Crippen molar-refractivity contribution in [3.8, 4) is 17.4 Å². The van der Waals surface area contributed by atoms with Crippen LogP contribution in [-0.4, -0.2) is 17.1 Å². The fourth-order valence-electron chi connectivity index (χ4n) is 1.80. The first kappa shape index (κ1) is 14.1. The first-order valence-electron chi connectivity index (χ1n) is 6.32. The second kappa shape index (κ2) is 6.21. The van der Waals surface area contributed by atoms with Gasteiger partial charge in [0.05, 0.1) is 12.7 Å². The molecule has 0 aliphatic heterocycles. The fraction of sp³-hybridized carbons (Fsp3) is 0.286. The van der Waals surface area contributed by atoms with E-state index in [9.17, 15) is 0 Å². The minimum absolute atomic E-state index is 0.440. The molecule has 1 heterocycles. The zero-order chi connectivity index (χ0) is 14.5. The molecule has 0 atom stereocenters. The summed E-state index contributed by atoms with van der Waals surface area (Å²) in [7, 11) is 1.61. The van der Waals surface area contributed by atoms with Crippen LogP contribution in [0.1, 0.15) is 18.1 Å². The van der Waals surface area contributed by atoms with Crippen molar-refractivity contribution in [3.05, 3.63) is 35.7 Å². The summed E-state index contributed by atoms with van der Waals surface area (Å²) in [5.41, 5.74) is 4.42. The highest BCUT2D eigenvalue weighted by atomic mass is 16.5. The lowest BCUT2D eigenvalue weighted by Crippen LogP contribution is -2.11. The van der Waals surface area contributed by atoms with E-state index in [1.807, 2.05) is 25.1 Å². The number of nitrogens with zero attached hydrogens (tertiary/aromatic N) is 2. The summed E-state index contributed by atoms with van der Waals surface area (Å²) in [5.74, 6) is 7.63. The third-order valence-electron chi connectivity index (χ3n) is 3.02. The van der Waals surface area contributed by atoms with Crippen LogP contribution in [0.3, 0.4) is 0 Å². The molecule has 0 bridgehead atoms. The van der Waals surface area contributed by atoms with Gasteiger partial charge in [-0.25, -0.2) is 15.8 Å². The number of hydrazine groups is 1. The monoisotopic (exact) mass is 274 g/mol. The molecule has 0 radical (unpaired) electrons. The Balaban J connectivity index is 2.35. The first-order chi connectivity index (χ1) is 9.69. The quantitative estimate of drug-likeness (QED) is 0.643. The van der Waals surface area contributed by atoms with Crippen LogP contribution < -0.4 is 20.7 Å². The van der Waals surface area contributed by atoms with E-state index in [-0.39, 0.29) is 0 Å². The van der Waals surface area contributed by atoms with E-state index in [2.05, 4.69) is 22.3 Å². The Kier molecular flexibility index (Phi) is 4.37. The number of hydrogen-bond acceptors (Lipinski definition) is 6. The van der Waals surface area contributed by atoms with E-state index < -0.39 is 0 Å². The summed E-state index contributed by atoms with van der Waals surface area (Å²) in [6.45, 7) is 3.92. The van der Waals surface area contributed by atoms with Gasteiger partial charge in [0, 0.05) is 0 Å². The number of rotatable bonds is 5. The first-order valence-corrected chi connectivity index (χ1v) is 6.32. The summed E-state index contributed by atoms with van der Waals surface area (Å²) in [4.78, 5) is 8.13. The second-order valence-electron chi connectivity index (χ2n) is 4.24. The number of methoxy groups -OCH3 is 1. The van der Waals surface area contributed by atoms with Gasteiger partial charge in [-0.3, -0.25) is 0 Å². The van der Waals surface area contributed by atoms with E-state index >= 15 is 0 Å². The third-order valence-corrected chi connectivity index (χ3v) is 3.02. The number of aromatic nitrogens is 2. The van der Waals surface area contributed by atoms with Crippen LogP contribution in [0, 0.1) is 6.92 Å². The van der Waals surface area contributed by atoms with Gasteiger partial charge in [0.1, 0.15) is 12.1 Å². The molecule has 0 saturated heterocycles. The molecule has 0 saturated carbocycles. The number of ether oxygens (including phenoxy) is 2. The van der Waals surface area contributed by atoms with Crippen molar-refractivity contribution >= 4 is 5.82 Å². The van der Waals surface area contributed by atoms with E-state index in [1.54, 1.807) is 7.11 Å². The Bertz CT molecular complexity index is 602. The standard InChI is InChI=1S/C14H18N4O2/c1-4-10-5-6-11(12(7-10)19-3)20-14-9(2)13(18-15)16-8-17-14/h5-8H,4,15H2,1-3H3,(H,16,17,18). The van der Waals surface area contributed by atoms with Gasteiger partial charge in [0.2, 0.25) is 5.88 Å². The number of nitrogen functional groups attached to an aromatic ring is 1. The van der Waals surface area contributed by atoms with Gasteiger partial charge in [-0.2, -0.15) is 0 Å². The molecule has 2 aromatic rings. The van der Waals surface area contributed by atoms with E-state index in [0.717, 1.165) is 12.0 Å². The fourth-order valence-corrected chi connectivity index (χ4v) is 1.80. The maximum Gasteiger partial charge on any atom is 0.227 e. The minimum Gasteiger partial charge on any atom is -0.493 e. The number of anilines is 1. The molecule has 3 N–H and O–H groups in total. The molecule has 1 aromatic carbocycles. The highest BCUT2D eigenvalue weighted by molar-refractivity contribution is 5.50. The molecule has 0 fully saturated rings. The van der Waals surface area contributed by atoms with Gasteiger partial charge in [-0.15, -0.1) is 0 Å². The molecule has 6 heteroatoms. The lowest BCUT2D eigenvalue weighted by Gasteiger charge is -2.13. The summed E-state index contributed by atoms with van der Waals surface area (Å²) >= 11 is 0. The van der Waals surface area contributed by atoms with Crippen LogP contribution in [0.5, 0.6) is 17.4 Å². The van der Waals surface area contributed by atoms with Gasteiger partial charge < -0.3 is 14.9 Å². The largest absolute Gasteiger partial charge is 0.493 e. The Morgan fingerprint density at radius 2 is 2.05 bits per heavy atom. The smallest absolute Gasteiger partial charge is 0.227 e. The molecule has 0 aliphatic rings. The number of nitrogens with one attached hydrogen (secondary N) is 1. The lowest BCUT2D eigenvalue weighted by atomic mass is 10.1. The highest BCUT2D eigenvalue weighted by Gasteiger charge is 2.11. The van der Waals surface area contributed by atoms with Crippen LogP contribution >= 0.6 is 0 Å². The highest BCUT2D eigenvalue weighted by Crippen LogP contribution is 2.33. The van der Waals surface area contributed by atoms with Gasteiger partial charge in [0.25, 0.3) is 0 Å². The molecule has 0 spiro atoms. The molecule has 0 aliphatic carbocycles. The van der Waals surface area contributed by atoms with Gasteiger partial charge in [-0.1, -0.05) is 13.0 Å². The average molecular weight is 274 g/mol. The molecule has 2 rings (SSSR count). The van der Waals surface area contributed by atoms with Crippen LogP contribution in [0.2, 0.25) is 0 Å². The van der Waals surface area contributed by atoms with Crippen molar-refractivity contribution in [2.75, 3.05) is 12.5 Å². The summed E-state index contributed by atoms with van der Waals surface area (Å²) in [6.07, 6.45) is 2.33. The third kappa shape index (κ3) is 2.80. The maximum atomic E-state index is 5.80. The topological polar surface area (TPSA) is 82.3 Å². The predicted octanol–water partition coefficient (Wildman–Crippen LogP) is 2.43. The van der Waals surface area contributed by atoms with Crippen LogP contribution in [0.25, 0.3) is 0 Å². The van der Waals surface area contributed by atoms with Crippen molar-refractivity contribution in [1.29, 1.82) is 0 Å². The van der Waals surface area contributed by atoms with Crippen molar-refractivity contribution in [2.45, 2.75) is 20.3 Å². The molecule has 0 amide bonds. The number of hydrogen-bond donors (Lipinski definition) is 2. The summed E-state index contributed by atoms with van der Waals surface area (Å²) < 4.78 is 11.1. The van der Waals surface area contributed by atoms with Crippen molar-refractivity contribution in [1.82, 2.24) is 9.97 Å². The Hall–Kier alpha value is -2.34. The van der Waals surface area contributed by atoms with Gasteiger partial charge in [0.15, 0.2) is 11.5 Å².